The molecule has 0 unspecified atom stereocenters. The first-order valence-corrected chi connectivity index (χ1v) is 7.35. The van der Waals surface area contributed by atoms with Gasteiger partial charge in [0, 0.05) is 15.1 Å². The maximum absolute atomic E-state index is 12.3. The van der Waals surface area contributed by atoms with Crippen LogP contribution in [0.1, 0.15) is 15.9 Å². The molecule has 21 heavy (non-hydrogen) atoms. The Bertz CT molecular complexity index is 797. The molecule has 0 saturated carbocycles. The Balaban J connectivity index is 2.05. The molecule has 106 valence electrons. The van der Waals surface area contributed by atoms with Crippen LogP contribution in [-0.2, 0) is 0 Å². The molecule has 0 amide bonds. The largest absolute Gasteiger partial charge is 0.451 e. The molecular formula is C15H6Cl4O2. The Morgan fingerprint density at radius 2 is 1.62 bits per heavy atom. The summed E-state index contributed by atoms with van der Waals surface area (Å²) in [6.45, 7) is 0. The second kappa shape index (κ2) is 5.54. The Morgan fingerprint density at radius 3 is 2.33 bits per heavy atom. The van der Waals surface area contributed by atoms with E-state index in [-0.39, 0.29) is 16.6 Å². The zero-order chi connectivity index (χ0) is 15.1. The number of carbonyl (C=O) groups excluding carboxylic acids is 1. The van der Waals surface area contributed by atoms with Gasteiger partial charge in [-0.3, -0.25) is 4.79 Å². The van der Waals surface area contributed by atoms with Crippen molar-refractivity contribution in [3.8, 4) is 5.75 Å². The van der Waals surface area contributed by atoms with Crippen LogP contribution in [0.4, 0.5) is 0 Å². The highest BCUT2D eigenvalue weighted by Gasteiger charge is 2.30. The summed E-state index contributed by atoms with van der Waals surface area (Å²) in [4.78, 5) is 12.3. The molecule has 0 N–H and O–H groups in total. The van der Waals surface area contributed by atoms with E-state index in [4.69, 9.17) is 51.1 Å². The van der Waals surface area contributed by atoms with Gasteiger partial charge in [-0.25, -0.2) is 0 Å². The highest BCUT2D eigenvalue weighted by atomic mass is 35.5. The maximum atomic E-state index is 12.3. The molecule has 2 nitrogen and oxygen atoms in total. The minimum Gasteiger partial charge on any atom is -0.451 e. The smallest absolute Gasteiger partial charge is 0.232 e. The van der Waals surface area contributed by atoms with E-state index in [1.807, 2.05) is 0 Å². The molecule has 2 aromatic carbocycles. The number of benzene rings is 2. The van der Waals surface area contributed by atoms with E-state index in [1.54, 1.807) is 24.3 Å². The summed E-state index contributed by atoms with van der Waals surface area (Å²) < 4.78 is 5.52. The molecule has 0 atom stereocenters. The summed E-state index contributed by atoms with van der Waals surface area (Å²) in [6.07, 6.45) is 1.55. The topological polar surface area (TPSA) is 26.3 Å². The summed E-state index contributed by atoms with van der Waals surface area (Å²) >= 11 is 23.8. The lowest BCUT2D eigenvalue weighted by molar-refractivity contribution is 0.101. The summed E-state index contributed by atoms with van der Waals surface area (Å²) in [6, 6.07) is 8.01. The molecule has 1 aliphatic rings. The molecule has 0 aromatic heterocycles. The van der Waals surface area contributed by atoms with Gasteiger partial charge >= 0.3 is 0 Å². The Labute approximate surface area is 140 Å². The van der Waals surface area contributed by atoms with Gasteiger partial charge in [-0.2, -0.15) is 0 Å². The molecule has 3 rings (SSSR count). The number of Topliss-reactive ketones (excluding diaryl/α,β-unsaturated/α-hetero) is 1. The summed E-state index contributed by atoms with van der Waals surface area (Å²) in [5.41, 5.74) is 0.961. The number of carbonyl (C=O) groups is 1. The fourth-order valence-corrected chi connectivity index (χ4v) is 2.97. The number of allylic oxidation sites excluding steroid dienone is 1. The third-order valence-electron chi connectivity index (χ3n) is 2.94. The van der Waals surface area contributed by atoms with Crippen molar-refractivity contribution in [2.75, 3.05) is 0 Å². The number of rotatable bonds is 1. The lowest BCUT2D eigenvalue weighted by Gasteiger charge is -2.02. The van der Waals surface area contributed by atoms with Gasteiger partial charge < -0.3 is 4.74 Å². The lowest BCUT2D eigenvalue weighted by atomic mass is 10.1. The SMILES string of the molecule is O=C1/C(=C\c2ccc(Cl)cc2Cl)Oc2c(Cl)cc(Cl)cc21. The van der Waals surface area contributed by atoms with Crippen LogP contribution in [-0.4, -0.2) is 5.78 Å². The van der Waals surface area contributed by atoms with Crippen molar-refractivity contribution in [2.45, 2.75) is 0 Å². The van der Waals surface area contributed by atoms with Crippen molar-refractivity contribution in [3.05, 3.63) is 67.3 Å². The van der Waals surface area contributed by atoms with Crippen LogP contribution in [0.2, 0.25) is 20.1 Å². The number of ether oxygens (including phenoxy) is 1. The maximum Gasteiger partial charge on any atom is 0.232 e. The monoisotopic (exact) mass is 358 g/mol. The van der Waals surface area contributed by atoms with Crippen molar-refractivity contribution in [2.24, 2.45) is 0 Å². The predicted octanol–water partition coefficient (Wildman–Crippen LogP) is 5.92. The number of hydrogen-bond acceptors (Lipinski definition) is 2. The van der Waals surface area contributed by atoms with Gasteiger partial charge in [0.05, 0.1) is 10.6 Å². The van der Waals surface area contributed by atoms with E-state index < -0.39 is 0 Å². The first kappa shape index (κ1) is 14.7. The molecular weight excluding hydrogens is 354 g/mol. The molecule has 0 fully saturated rings. The quantitative estimate of drug-likeness (QED) is 0.591. The standard InChI is InChI=1S/C15H6Cl4O2/c16-8-2-1-7(11(18)5-8)3-13-14(20)10-4-9(17)6-12(19)15(10)21-13/h1-6H/b13-3+. The van der Waals surface area contributed by atoms with Crippen LogP contribution in [0, 0.1) is 0 Å². The third kappa shape index (κ3) is 2.77. The molecule has 6 heteroatoms. The van der Waals surface area contributed by atoms with Crippen molar-refractivity contribution in [1.29, 1.82) is 0 Å². The average Bonchev–Trinajstić information content (AvgIpc) is 2.71. The van der Waals surface area contributed by atoms with Gasteiger partial charge in [-0.15, -0.1) is 0 Å². The summed E-state index contributed by atoms with van der Waals surface area (Å²) in [5, 5.41) is 1.60. The van der Waals surface area contributed by atoms with Gasteiger partial charge in [0.15, 0.2) is 11.5 Å². The van der Waals surface area contributed by atoms with E-state index in [0.29, 0.717) is 31.9 Å². The number of hydrogen-bond donors (Lipinski definition) is 0. The van der Waals surface area contributed by atoms with Gasteiger partial charge in [-0.05, 0) is 35.9 Å². The van der Waals surface area contributed by atoms with Crippen LogP contribution in [0.3, 0.4) is 0 Å². The summed E-state index contributed by atoms with van der Waals surface area (Å²) in [5.74, 6) is 0.154. The first-order valence-electron chi connectivity index (χ1n) is 5.84. The lowest BCUT2D eigenvalue weighted by Crippen LogP contribution is -1.98. The van der Waals surface area contributed by atoms with E-state index in [2.05, 4.69) is 0 Å². The second-order valence-electron chi connectivity index (χ2n) is 4.37. The summed E-state index contributed by atoms with van der Waals surface area (Å²) in [7, 11) is 0. The Morgan fingerprint density at radius 1 is 0.905 bits per heavy atom. The second-order valence-corrected chi connectivity index (χ2v) is 6.06. The Hall–Kier alpha value is -1.19. The molecule has 0 spiro atoms. The molecule has 1 aliphatic heterocycles. The highest BCUT2D eigenvalue weighted by Crippen LogP contribution is 2.40. The minimum absolute atomic E-state index is 0.137. The molecule has 0 radical (unpaired) electrons. The average molecular weight is 360 g/mol. The molecule has 0 saturated heterocycles. The van der Waals surface area contributed by atoms with Crippen LogP contribution in [0.25, 0.3) is 6.08 Å². The normalized spacial score (nSPS) is 15.2. The Kier molecular flexibility index (Phi) is 3.89. The number of fused-ring (bicyclic) bond motifs is 1. The molecule has 0 bridgehead atoms. The van der Waals surface area contributed by atoms with Gasteiger partial charge in [0.2, 0.25) is 5.78 Å². The van der Waals surface area contributed by atoms with Crippen molar-refractivity contribution in [1.82, 2.24) is 0 Å². The van der Waals surface area contributed by atoms with Crippen molar-refractivity contribution >= 4 is 58.3 Å². The van der Waals surface area contributed by atoms with Gasteiger partial charge in [0.1, 0.15) is 0 Å². The van der Waals surface area contributed by atoms with Gasteiger partial charge in [0.25, 0.3) is 0 Å². The fourth-order valence-electron chi connectivity index (χ4n) is 1.98. The van der Waals surface area contributed by atoms with Crippen LogP contribution < -0.4 is 4.74 Å². The molecule has 0 aliphatic carbocycles. The molecule has 2 aromatic rings. The van der Waals surface area contributed by atoms with Crippen LogP contribution >= 0.6 is 46.4 Å². The van der Waals surface area contributed by atoms with E-state index in [0.717, 1.165) is 0 Å². The molecule has 1 heterocycles. The van der Waals surface area contributed by atoms with Crippen molar-refractivity contribution < 1.29 is 9.53 Å². The number of halogens is 4. The fraction of sp³-hybridized carbons (Fsp3) is 0. The first-order chi connectivity index (χ1) is 9.95. The van der Waals surface area contributed by atoms with Crippen LogP contribution in [0.5, 0.6) is 5.75 Å². The minimum atomic E-state index is -0.291. The third-order valence-corrected chi connectivity index (χ3v) is 4.00. The van der Waals surface area contributed by atoms with Gasteiger partial charge in [-0.1, -0.05) is 52.5 Å². The predicted molar refractivity (Wildman–Crippen MR) is 85.9 cm³/mol. The highest BCUT2D eigenvalue weighted by molar-refractivity contribution is 6.37. The zero-order valence-corrected chi connectivity index (χ0v) is 13.3. The van der Waals surface area contributed by atoms with E-state index in [9.17, 15) is 4.79 Å². The van der Waals surface area contributed by atoms with Crippen molar-refractivity contribution in [3.63, 3.8) is 0 Å². The van der Waals surface area contributed by atoms with E-state index in [1.165, 1.54) is 12.1 Å². The van der Waals surface area contributed by atoms with Crippen LogP contribution in [0.15, 0.2) is 36.1 Å². The number of ketones is 1. The van der Waals surface area contributed by atoms with E-state index >= 15 is 0 Å². The zero-order valence-electron chi connectivity index (χ0n) is 10.3.